The smallest absolute Gasteiger partial charge is 0.227 e. The standard InChI is InChI=1S/C21H24N2O3/c1-3-26-19-10-5-4-9-18(19)23-14-17(12-20(23)24)21(25)22-13-16-8-6-7-15(2)11-16/h4-11,17H,3,12-14H2,1-2H3,(H,22,25). The van der Waals surface area contributed by atoms with E-state index in [4.69, 9.17) is 4.74 Å². The van der Waals surface area contributed by atoms with Gasteiger partial charge in [0.15, 0.2) is 0 Å². The Hall–Kier alpha value is -2.82. The summed E-state index contributed by atoms with van der Waals surface area (Å²) in [7, 11) is 0. The molecule has 26 heavy (non-hydrogen) atoms. The Balaban J connectivity index is 1.65. The summed E-state index contributed by atoms with van der Waals surface area (Å²) in [5, 5.41) is 2.95. The van der Waals surface area contributed by atoms with Crippen molar-refractivity contribution in [2.75, 3.05) is 18.1 Å². The van der Waals surface area contributed by atoms with E-state index in [1.54, 1.807) is 4.90 Å². The van der Waals surface area contributed by atoms with Crippen molar-refractivity contribution in [3.63, 3.8) is 0 Å². The van der Waals surface area contributed by atoms with Crippen molar-refractivity contribution in [2.45, 2.75) is 26.8 Å². The highest BCUT2D eigenvalue weighted by atomic mass is 16.5. The van der Waals surface area contributed by atoms with Crippen LogP contribution in [0, 0.1) is 12.8 Å². The number of hydrogen-bond donors (Lipinski definition) is 1. The zero-order chi connectivity index (χ0) is 18.5. The van der Waals surface area contributed by atoms with Crippen molar-refractivity contribution in [1.82, 2.24) is 5.32 Å². The molecule has 0 aromatic heterocycles. The molecule has 0 bridgehead atoms. The lowest BCUT2D eigenvalue weighted by molar-refractivity contribution is -0.126. The zero-order valence-corrected chi connectivity index (χ0v) is 15.2. The fourth-order valence-corrected chi connectivity index (χ4v) is 3.23. The number of carbonyl (C=O) groups excluding carboxylic acids is 2. The van der Waals surface area contributed by atoms with Crippen LogP contribution in [0.2, 0.25) is 0 Å². The van der Waals surface area contributed by atoms with Gasteiger partial charge < -0.3 is 15.0 Å². The number of benzene rings is 2. The van der Waals surface area contributed by atoms with Gasteiger partial charge >= 0.3 is 0 Å². The van der Waals surface area contributed by atoms with Crippen molar-refractivity contribution in [2.24, 2.45) is 5.92 Å². The molecule has 2 aromatic rings. The van der Waals surface area contributed by atoms with Crippen LogP contribution in [-0.4, -0.2) is 25.0 Å². The SMILES string of the molecule is CCOc1ccccc1N1CC(C(=O)NCc2cccc(C)c2)CC1=O. The monoisotopic (exact) mass is 352 g/mol. The van der Waals surface area contributed by atoms with Gasteiger partial charge in [-0.2, -0.15) is 0 Å². The number of rotatable bonds is 6. The van der Waals surface area contributed by atoms with E-state index in [9.17, 15) is 9.59 Å². The molecule has 0 aliphatic carbocycles. The second kappa shape index (κ2) is 8.04. The summed E-state index contributed by atoms with van der Waals surface area (Å²) in [4.78, 5) is 26.6. The summed E-state index contributed by atoms with van der Waals surface area (Å²) in [5.41, 5.74) is 2.95. The second-order valence-corrected chi connectivity index (χ2v) is 6.51. The second-order valence-electron chi connectivity index (χ2n) is 6.51. The summed E-state index contributed by atoms with van der Waals surface area (Å²) in [5.74, 6) is 0.190. The van der Waals surface area contributed by atoms with Gasteiger partial charge in [0.2, 0.25) is 11.8 Å². The van der Waals surface area contributed by atoms with E-state index in [2.05, 4.69) is 5.32 Å². The first kappa shape index (κ1) is 18.0. The van der Waals surface area contributed by atoms with Crippen molar-refractivity contribution in [3.05, 3.63) is 59.7 Å². The molecule has 1 unspecified atom stereocenters. The maximum Gasteiger partial charge on any atom is 0.227 e. The molecule has 5 heteroatoms. The molecule has 2 amide bonds. The highest BCUT2D eigenvalue weighted by Gasteiger charge is 2.36. The number of hydrogen-bond acceptors (Lipinski definition) is 3. The Morgan fingerprint density at radius 3 is 2.81 bits per heavy atom. The molecule has 1 heterocycles. The molecule has 1 saturated heterocycles. The summed E-state index contributed by atoms with van der Waals surface area (Å²) in [6.45, 7) is 5.31. The topological polar surface area (TPSA) is 58.6 Å². The fraction of sp³-hybridized carbons (Fsp3) is 0.333. The number of nitrogens with zero attached hydrogens (tertiary/aromatic N) is 1. The van der Waals surface area contributed by atoms with Gasteiger partial charge in [-0.25, -0.2) is 0 Å². The first-order valence-electron chi connectivity index (χ1n) is 8.94. The minimum atomic E-state index is -0.345. The molecule has 1 aliphatic rings. The first-order chi connectivity index (χ1) is 12.6. The van der Waals surface area contributed by atoms with E-state index < -0.39 is 0 Å². The number of ether oxygens (including phenoxy) is 1. The Morgan fingerprint density at radius 2 is 2.04 bits per heavy atom. The van der Waals surface area contributed by atoms with Crippen LogP contribution in [0.15, 0.2) is 48.5 Å². The third kappa shape index (κ3) is 4.04. The normalized spacial score (nSPS) is 16.6. The van der Waals surface area contributed by atoms with Crippen LogP contribution < -0.4 is 15.0 Å². The summed E-state index contributed by atoms with van der Waals surface area (Å²) >= 11 is 0. The van der Waals surface area contributed by atoms with Gasteiger partial charge in [0.05, 0.1) is 18.2 Å². The number of carbonyl (C=O) groups is 2. The van der Waals surface area contributed by atoms with Crippen LogP contribution in [0.4, 0.5) is 5.69 Å². The lowest BCUT2D eigenvalue weighted by atomic mass is 10.1. The van der Waals surface area contributed by atoms with Gasteiger partial charge in [-0.05, 0) is 31.5 Å². The molecule has 0 spiro atoms. The Labute approximate surface area is 154 Å². The van der Waals surface area contributed by atoms with Crippen molar-refractivity contribution in [3.8, 4) is 5.75 Å². The summed E-state index contributed by atoms with van der Waals surface area (Å²) < 4.78 is 5.62. The molecule has 1 atom stereocenters. The Kier molecular flexibility index (Phi) is 5.56. The third-order valence-electron chi connectivity index (χ3n) is 4.50. The van der Waals surface area contributed by atoms with E-state index in [-0.39, 0.29) is 24.2 Å². The molecule has 0 radical (unpaired) electrons. The maximum absolute atomic E-state index is 12.5. The predicted octanol–water partition coefficient (Wildman–Crippen LogP) is 3.06. The molecular weight excluding hydrogens is 328 g/mol. The lowest BCUT2D eigenvalue weighted by Crippen LogP contribution is -2.32. The van der Waals surface area contributed by atoms with Gasteiger partial charge in [0.25, 0.3) is 0 Å². The van der Waals surface area contributed by atoms with Crippen LogP contribution in [0.25, 0.3) is 0 Å². The van der Waals surface area contributed by atoms with E-state index in [1.807, 2.05) is 62.4 Å². The molecule has 5 nitrogen and oxygen atoms in total. The van der Waals surface area contributed by atoms with Gasteiger partial charge in [-0.1, -0.05) is 42.0 Å². The van der Waals surface area contributed by atoms with Crippen molar-refractivity contribution < 1.29 is 14.3 Å². The maximum atomic E-state index is 12.5. The molecule has 2 aromatic carbocycles. The van der Waals surface area contributed by atoms with Crippen LogP contribution in [0.1, 0.15) is 24.5 Å². The number of para-hydroxylation sites is 2. The quantitative estimate of drug-likeness (QED) is 0.869. The first-order valence-corrected chi connectivity index (χ1v) is 8.94. The van der Waals surface area contributed by atoms with E-state index in [0.717, 1.165) is 16.8 Å². The summed E-state index contributed by atoms with van der Waals surface area (Å²) in [6.07, 6.45) is 0.222. The largest absolute Gasteiger partial charge is 0.492 e. The zero-order valence-electron chi connectivity index (χ0n) is 15.2. The van der Waals surface area contributed by atoms with E-state index in [1.165, 1.54) is 0 Å². The number of amides is 2. The third-order valence-corrected chi connectivity index (χ3v) is 4.50. The van der Waals surface area contributed by atoms with Crippen LogP contribution >= 0.6 is 0 Å². The molecule has 1 fully saturated rings. The van der Waals surface area contributed by atoms with Gasteiger partial charge in [-0.3, -0.25) is 9.59 Å². The number of nitrogens with one attached hydrogen (secondary N) is 1. The highest BCUT2D eigenvalue weighted by Crippen LogP contribution is 2.33. The molecule has 3 rings (SSSR count). The van der Waals surface area contributed by atoms with Crippen LogP contribution in [0.3, 0.4) is 0 Å². The predicted molar refractivity (Wildman–Crippen MR) is 101 cm³/mol. The number of aryl methyl sites for hydroxylation is 1. The lowest BCUT2D eigenvalue weighted by Gasteiger charge is -2.20. The Morgan fingerprint density at radius 1 is 1.23 bits per heavy atom. The molecule has 0 saturated carbocycles. The number of anilines is 1. The molecule has 1 N–H and O–H groups in total. The minimum Gasteiger partial charge on any atom is -0.492 e. The molecular formula is C21H24N2O3. The Bertz CT molecular complexity index is 803. The van der Waals surface area contributed by atoms with E-state index in [0.29, 0.717) is 25.4 Å². The van der Waals surface area contributed by atoms with Gasteiger partial charge in [-0.15, -0.1) is 0 Å². The van der Waals surface area contributed by atoms with Crippen molar-refractivity contribution >= 4 is 17.5 Å². The van der Waals surface area contributed by atoms with Crippen LogP contribution in [0.5, 0.6) is 5.75 Å². The van der Waals surface area contributed by atoms with Gasteiger partial charge in [0.1, 0.15) is 5.75 Å². The summed E-state index contributed by atoms with van der Waals surface area (Å²) in [6, 6.07) is 15.5. The molecule has 136 valence electrons. The highest BCUT2D eigenvalue weighted by molar-refractivity contribution is 6.01. The van der Waals surface area contributed by atoms with Gasteiger partial charge in [0, 0.05) is 19.5 Å². The molecule has 1 aliphatic heterocycles. The van der Waals surface area contributed by atoms with E-state index >= 15 is 0 Å². The average molecular weight is 352 g/mol. The van der Waals surface area contributed by atoms with Crippen molar-refractivity contribution in [1.29, 1.82) is 0 Å². The minimum absolute atomic E-state index is 0.0483. The fourth-order valence-electron chi connectivity index (χ4n) is 3.23. The van der Waals surface area contributed by atoms with Crippen LogP contribution in [-0.2, 0) is 16.1 Å². The average Bonchev–Trinajstić information content (AvgIpc) is 3.02.